The average Bonchev–Trinajstić information content (AvgIpc) is 3.53. The summed E-state index contributed by atoms with van der Waals surface area (Å²) in [5.74, 6) is -0.257. The van der Waals surface area contributed by atoms with Crippen LogP contribution in [0, 0.1) is 6.92 Å². The van der Waals surface area contributed by atoms with Gasteiger partial charge in [-0.25, -0.2) is 18.2 Å². The summed E-state index contributed by atoms with van der Waals surface area (Å²) in [5.41, 5.74) is 2.70. The number of aromatic amines is 1. The number of aryl methyl sites for hydroxylation is 1. The molecule has 0 fully saturated rings. The fraction of sp³-hybridized carbons (Fsp3) is 0.0769. The van der Waals surface area contributed by atoms with Crippen LogP contribution in [0.2, 0.25) is 0 Å². The third-order valence-electron chi connectivity index (χ3n) is 5.44. The molecule has 5 rings (SSSR count). The number of carbonyl (C=O) groups excluding carboxylic acids is 2. The van der Waals surface area contributed by atoms with Crippen molar-refractivity contribution in [1.82, 2.24) is 15.1 Å². The lowest BCUT2D eigenvalue weighted by Crippen LogP contribution is -2.21. The minimum absolute atomic E-state index is 0.0372. The second kappa shape index (κ2) is 10.2. The molecule has 192 valence electrons. The van der Waals surface area contributed by atoms with Crippen molar-refractivity contribution in [3.8, 4) is 11.4 Å². The Hall–Kier alpha value is -4.97. The van der Waals surface area contributed by atoms with Gasteiger partial charge in [-0.15, -0.1) is 0 Å². The molecule has 1 amide bonds. The molecule has 0 unspecified atom stereocenters. The largest absolute Gasteiger partial charge is 0.452 e. The molecule has 3 aromatic carbocycles. The molecule has 12 heteroatoms. The van der Waals surface area contributed by atoms with Gasteiger partial charge >= 0.3 is 5.97 Å². The molecule has 0 aliphatic rings. The number of hydrogen-bond donors (Lipinski definition) is 3. The summed E-state index contributed by atoms with van der Waals surface area (Å²) in [4.78, 5) is 32.8. The zero-order chi connectivity index (χ0) is 26.7. The van der Waals surface area contributed by atoms with Crippen LogP contribution in [0.25, 0.3) is 22.4 Å². The lowest BCUT2D eigenvalue weighted by molar-refractivity contribution is -0.119. The number of sulfonamides is 1. The molecule has 11 nitrogen and oxygen atoms in total. The van der Waals surface area contributed by atoms with Crippen molar-refractivity contribution < 1.29 is 27.3 Å². The van der Waals surface area contributed by atoms with E-state index >= 15 is 0 Å². The van der Waals surface area contributed by atoms with Crippen molar-refractivity contribution in [2.24, 2.45) is 0 Å². The van der Waals surface area contributed by atoms with Crippen LogP contribution < -0.4 is 10.0 Å². The van der Waals surface area contributed by atoms with Crippen LogP contribution in [0.3, 0.4) is 0 Å². The summed E-state index contributed by atoms with van der Waals surface area (Å²) in [7, 11) is -3.90. The maximum absolute atomic E-state index is 12.8. The maximum atomic E-state index is 12.8. The highest BCUT2D eigenvalue weighted by molar-refractivity contribution is 7.92. The van der Waals surface area contributed by atoms with E-state index in [1.165, 1.54) is 30.3 Å². The van der Waals surface area contributed by atoms with Crippen molar-refractivity contribution in [3.63, 3.8) is 0 Å². The standard InChI is InChI=1S/C26H21N5O6S/c1-16-14-23(30-37-16)31-38(34,35)18-12-10-17(11-13-18)27-24(32)15-36-26(33)20-7-3-2-6-19(20)25-28-21-8-4-5-9-22(21)29-25/h2-14H,15H2,1H3,(H,27,32)(H,28,29)(H,30,31). The Morgan fingerprint density at radius 2 is 1.74 bits per heavy atom. The Morgan fingerprint density at radius 3 is 2.47 bits per heavy atom. The number of amides is 1. The smallest absolute Gasteiger partial charge is 0.339 e. The summed E-state index contributed by atoms with van der Waals surface area (Å²) >= 11 is 0. The van der Waals surface area contributed by atoms with E-state index in [1.807, 2.05) is 24.3 Å². The first-order chi connectivity index (χ1) is 18.3. The fourth-order valence-electron chi connectivity index (χ4n) is 3.68. The Kier molecular flexibility index (Phi) is 6.62. The number of hydrogen-bond acceptors (Lipinski definition) is 8. The monoisotopic (exact) mass is 531 g/mol. The molecule has 0 aliphatic carbocycles. The van der Waals surface area contributed by atoms with Gasteiger partial charge in [-0.3, -0.25) is 9.52 Å². The molecule has 0 spiro atoms. The second-order valence-electron chi connectivity index (χ2n) is 8.23. The van der Waals surface area contributed by atoms with Crippen molar-refractivity contribution in [2.45, 2.75) is 11.8 Å². The first kappa shape index (κ1) is 24.7. The van der Waals surface area contributed by atoms with Crippen molar-refractivity contribution in [1.29, 1.82) is 0 Å². The number of nitrogens with zero attached hydrogens (tertiary/aromatic N) is 2. The molecule has 0 aliphatic heterocycles. The highest BCUT2D eigenvalue weighted by Gasteiger charge is 2.19. The van der Waals surface area contributed by atoms with E-state index in [0.717, 1.165) is 11.0 Å². The molecule has 0 atom stereocenters. The molecule has 2 heterocycles. The van der Waals surface area contributed by atoms with E-state index in [-0.39, 0.29) is 16.3 Å². The van der Waals surface area contributed by atoms with Crippen molar-refractivity contribution in [3.05, 3.63) is 90.2 Å². The van der Waals surface area contributed by atoms with Crippen LogP contribution in [-0.4, -0.2) is 42.0 Å². The number of carbonyl (C=O) groups is 2. The van der Waals surface area contributed by atoms with Crippen LogP contribution in [0.15, 0.2) is 88.3 Å². The van der Waals surface area contributed by atoms with Crippen molar-refractivity contribution >= 4 is 44.4 Å². The van der Waals surface area contributed by atoms with Gasteiger partial charge in [0.1, 0.15) is 11.6 Å². The fourth-order valence-corrected chi connectivity index (χ4v) is 4.67. The van der Waals surface area contributed by atoms with Gasteiger partial charge in [0.15, 0.2) is 12.4 Å². The predicted molar refractivity (Wildman–Crippen MR) is 139 cm³/mol. The van der Waals surface area contributed by atoms with Gasteiger partial charge in [0.25, 0.3) is 15.9 Å². The number of esters is 1. The lowest BCUT2D eigenvalue weighted by Gasteiger charge is -2.10. The second-order valence-corrected chi connectivity index (χ2v) is 9.91. The number of rotatable bonds is 8. The predicted octanol–water partition coefficient (Wildman–Crippen LogP) is 4.12. The van der Waals surface area contributed by atoms with E-state index in [4.69, 9.17) is 9.26 Å². The molecule has 38 heavy (non-hydrogen) atoms. The van der Waals surface area contributed by atoms with Gasteiger partial charge in [0.05, 0.1) is 21.5 Å². The van der Waals surface area contributed by atoms with Crippen LogP contribution in [0.5, 0.6) is 0 Å². The van der Waals surface area contributed by atoms with E-state index in [2.05, 4.69) is 25.2 Å². The van der Waals surface area contributed by atoms with E-state index in [0.29, 0.717) is 22.8 Å². The normalized spacial score (nSPS) is 11.3. The molecule has 0 saturated carbocycles. The SMILES string of the molecule is Cc1cc(NS(=O)(=O)c2ccc(NC(=O)COC(=O)c3ccccc3-c3nc4ccccc4[nH]3)cc2)no1. The van der Waals surface area contributed by atoms with E-state index in [9.17, 15) is 18.0 Å². The lowest BCUT2D eigenvalue weighted by atomic mass is 10.1. The van der Waals surface area contributed by atoms with Gasteiger partial charge in [0.2, 0.25) is 0 Å². The van der Waals surface area contributed by atoms with Gasteiger partial charge < -0.3 is 19.6 Å². The van der Waals surface area contributed by atoms with Crippen LogP contribution in [-0.2, 0) is 19.6 Å². The first-order valence-corrected chi connectivity index (χ1v) is 12.8. The van der Waals surface area contributed by atoms with Gasteiger partial charge in [-0.2, -0.15) is 0 Å². The molecule has 0 saturated heterocycles. The Morgan fingerprint density at radius 1 is 1.00 bits per heavy atom. The maximum Gasteiger partial charge on any atom is 0.339 e. The summed E-state index contributed by atoms with van der Waals surface area (Å²) < 4.78 is 37.4. The molecule has 0 bridgehead atoms. The van der Waals surface area contributed by atoms with Crippen LogP contribution in [0.4, 0.5) is 11.5 Å². The molecular weight excluding hydrogens is 510 g/mol. The Labute approximate surface area is 216 Å². The summed E-state index contributed by atoms with van der Waals surface area (Å²) in [6.07, 6.45) is 0. The van der Waals surface area contributed by atoms with Crippen molar-refractivity contribution in [2.75, 3.05) is 16.6 Å². The average molecular weight is 532 g/mol. The molecule has 5 aromatic rings. The summed E-state index contributed by atoms with van der Waals surface area (Å²) in [6, 6.07) is 21.2. The summed E-state index contributed by atoms with van der Waals surface area (Å²) in [5, 5.41) is 6.17. The minimum atomic E-state index is -3.90. The highest BCUT2D eigenvalue weighted by atomic mass is 32.2. The van der Waals surface area contributed by atoms with Gasteiger partial charge in [-0.1, -0.05) is 35.5 Å². The van der Waals surface area contributed by atoms with E-state index in [1.54, 1.807) is 31.2 Å². The zero-order valence-corrected chi connectivity index (χ0v) is 20.8. The third kappa shape index (κ3) is 5.39. The number of fused-ring (bicyclic) bond motifs is 1. The number of ether oxygens (including phenoxy) is 1. The van der Waals surface area contributed by atoms with Gasteiger partial charge in [-0.05, 0) is 49.4 Å². The Balaban J connectivity index is 1.21. The number of imidazole rings is 1. The number of nitrogens with one attached hydrogen (secondary N) is 3. The molecule has 3 N–H and O–H groups in total. The quantitative estimate of drug-likeness (QED) is 0.252. The van der Waals surface area contributed by atoms with Gasteiger partial charge in [0, 0.05) is 17.3 Å². The van der Waals surface area contributed by atoms with Crippen LogP contribution in [0.1, 0.15) is 16.1 Å². The Bertz CT molecular complexity index is 1710. The zero-order valence-electron chi connectivity index (χ0n) is 20.0. The van der Waals surface area contributed by atoms with E-state index < -0.39 is 28.5 Å². The first-order valence-electron chi connectivity index (χ1n) is 11.4. The third-order valence-corrected chi connectivity index (χ3v) is 6.81. The topological polar surface area (TPSA) is 156 Å². The number of para-hydroxylation sites is 2. The molecule has 2 aromatic heterocycles. The molecular formula is C26H21N5O6S. The minimum Gasteiger partial charge on any atom is -0.452 e. The molecule has 0 radical (unpaired) electrons. The number of aromatic nitrogens is 3. The number of H-pyrrole nitrogens is 1. The summed E-state index contributed by atoms with van der Waals surface area (Å²) in [6.45, 7) is 1.10. The highest BCUT2D eigenvalue weighted by Crippen LogP contribution is 2.24. The van der Waals surface area contributed by atoms with Crippen LogP contribution >= 0.6 is 0 Å². The number of benzene rings is 3. The number of anilines is 2.